The number of halogens is 1. The molecular formula is C12H7BrN2O5. The van der Waals surface area contributed by atoms with Crippen LogP contribution >= 0.6 is 15.9 Å². The van der Waals surface area contributed by atoms with Gasteiger partial charge in [0.15, 0.2) is 0 Å². The molecule has 20 heavy (non-hydrogen) atoms. The van der Waals surface area contributed by atoms with Gasteiger partial charge in [0.25, 0.3) is 0 Å². The molecular weight excluding hydrogens is 332 g/mol. The fraction of sp³-hybridized carbons (Fsp3) is 0. The lowest BCUT2D eigenvalue weighted by Gasteiger charge is -2.08. The second-order valence-electron chi connectivity index (χ2n) is 3.65. The number of nitrogens with zero attached hydrogens (tertiary/aromatic N) is 2. The molecule has 0 spiro atoms. The largest absolute Gasteiger partial charge is 0.477 e. The lowest BCUT2D eigenvalue weighted by molar-refractivity contribution is -0.385. The van der Waals surface area contributed by atoms with Gasteiger partial charge < -0.3 is 9.84 Å². The molecule has 0 bridgehead atoms. The van der Waals surface area contributed by atoms with Crippen LogP contribution in [0.1, 0.15) is 10.4 Å². The predicted molar refractivity (Wildman–Crippen MR) is 72.1 cm³/mol. The molecule has 2 rings (SSSR count). The Morgan fingerprint density at radius 1 is 1.35 bits per heavy atom. The van der Waals surface area contributed by atoms with Crippen molar-refractivity contribution < 1.29 is 19.6 Å². The Kier molecular flexibility index (Phi) is 3.94. The van der Waals surface area contributed by atoms with Gasteiger partial charge in [-0.3, -0.25) is 15.1 Å². The van der Waals surface area contributed by atoms with Crippen molar-refractivity contribution in [3.8, 4) is 11.5 Å². The number of carboxylic acid groups (broad SMARTS) is 1. The summed E-state index contributed by atoms with van der Waals surface area (Å²) in [5, 5.41) is 20.0. The molecule has 0 unspecified atom stereocenters. The summed E-state index contributed by atoms with van der Waals surface area (Å²) in [5.41, 5.74) is -0.447. The third kappa shape index (κ3) is 2.91. The highest BCUT2D eigenvalue weighted by molar-refractivity contribution is 9.10. The van der Waals surface area contributed by atoms with E-state index in [1.807, 2.05) is 0 Å². The first-order valence-electron chi connectivity index (χ1n) is 5.28. The minimum Gasteiger partial charge on any atom is -0.477 e. The Hall–Kier alpha value is -2.48. The Bertz CT molecular complexity index is 689. The SMILES string of the molecule is O=C(O)c1cnccc1Oc1ccc(Br)cc1[N+](=O)[O-]. The van der Waals surface area contributed by atoms with Crippen LogP contribution in [0.15, 0.2) is 41.1 Å². The summed E-state index contributed by atoms with van der Waals surface area (Å²) in [5.74, 6) is -1.29. The van der Waals surface area contributed by atoms with E-state index in [-0.39, 0.29) is 22.7 Å². The number of carboxylic acids is 1. The van der Waals surface area contributed by atoms with E-state index in [9.17, 15) is 14.9 Å². The van der Waals surface area contributed by atoms with Gasteiger partial charge in [-0.05, 0) is 12.1 Å². The topological polar surface area (TPSA) is 103 Å². The quantitative estimate of drug-likeness (QED) is 0.678. The standard InChI is InChI=1S/C12H7BrN2O5/c13-7-1-2-11(9(5-7)15(18)19)20-10-3-4-14-6-8(10)12(16)17/h1-6H,(H,16,17). The maximum atomic E-state index is 11.0. The van der Waals surface area contributed by atoms with Crippen LogP contribution in [0.3, 0.4) is 0 Å². The van der Waals surface area contributed by atoms with Crippen molar-refractivity contribution >= 4 is 27.6 Å². The van der Waals surface area contributed by atoms with E-state index < -0.39 is 10.9 Å². The molecule has 102 valence electrons. The van der Waals surface area contributed by atoms with Gasteiger partial charge in [-0.15, -0.1) is 0 Å². The van der Waals surface area contributed by atoms with Crippen LogP contribution in [0.5, 0.6) is 11.5 Å². The van der Waals surface area contributed by atoms with Crippen LogP contribution in [-0.4, -0.2) is 21.0 Å². The number of nitro benzene ring substituents is 1. The first kappa shape index (κ1) is 13.9. The van der Waals surface area contributed by atoms with Crippen molar-refractivity contribution in [2.24, 2.45) is 0 Å². The Balaban J connectivity index is 2.45. The number of ether oxygens (including phenoxy) is 1. The van der Waals surface area contributed by atoms with Gasteiger partial charge in [0.05, 0.1) is 4.92 Å². The van der Waals surface area contributed by atoms with E-state index in [1.54, 1.807) is 6.07 Å². The number of aromatic nitrogens is 1. The Morgan fingerprint density at radius 2 is 2.10 bits per heavy atom. The number of nitro groups is 1. The van der Waals surface area contributed by atoms with Gasteiger partial charge in [-0.25, -0.2) is 4.79 Å². The third-order valence-corrected chi connectivity index (χ3v) is 2.84. The van der Waals surface area contributed by atoms with E-state index in [1.165, 1.54) is 24.4 Å². The summed E-state index contributed by atoms with van der Waals surface area (Å²) in [6, 6.07) is 5.55. The van der Waals surface area contributed by atoms with E-state index in [0.29, 0.717) is 4.47 Å². The molecule has 0 fully saturated rings. The lowest BCUT2D eigenvalue weighted by atomic mass is 10.2. The van der Waals surface area contributed by atoms with Crippen LogP contribution < -0.4 is 4.74 Å². The van der Waals surface area contributed by atoms with Crippen molar-refractivity contribution in [3.63, 3.8) is 0 Å². The fourth-order valence-corrected chi connectivity index (χ4v) is 1.82. The average Bonchev–Trinajstić information content (AvgIpc) is 2.41. The van der Waals surface area contributed by atoms with Gasteiger partial charge in [-0.2, -0.15) is 0 Å². The van der Waals surface area contributed by atoms with E-state index in [2.05, 4.69) is 20.9 Å². The average molecular weight is 339 g/mol. The number of hydrogen-bond acceptors (Lipinski definition) is 5. The van der Waals surface area contributed by atoms with Crippen LogP contribution in [0.2, 0.25) is 0 Å². The van der Waals surface area contributed by atoms with Crippen molar-refractivity contribution in [1.29, 1.82) is 0 Å². The second-order valence-corrected chi connectivity index (χ2v) is 4.56. The molecule has 0 aliphatic carbocycles. The molecule has 1 N–H and O–H groups in total. The molecule has 0 saturated carbocycles. The summed E-state index contributed by atoms with van der Waals surface area (Å²) in [6.07, 6.45) is 2.45. The minimum absolute atomic E-state index is 0.0158. The van der Waals surface area contributed by atoms with Crippen molar-refractivity contribution in [3.05, 3.63) is 56.8 Å². The molecule has 0 atom stereocenters. The summed E-state index contributed by atoms with van der Waals surface area (Å²) in [4.78, 5) is 25.1. The Morgan fingerprint density at radius 3 is 2.75 bits per heavy atom. The zero-order valence-electron chi connectivity index (χ0n) is 9.82. The van der Waals surface area contributed by atoms with Gasteiger partial charge in [0.2, 0.25) is 5.75 Å². The number of benzene rings is 1. The van der Waals surface area contributed by atoms with Gasteiger partial charge in [0.1, 0.15) is 11.3 Å². The Labute approximate surface area is 121 Å². The van der Waals surface area contributed by atoms with Crippen molar-refractivity contribution in [1.82, 2.24) is 4.98 Å². The number of carbonyl (C=O) groups is 1. The van der Waals surface area contributed by atoms with E-state index in [4.69, 9.17) is 9.84 Å². The second kappa shape index (κ2) is 5.66. The summed E-state index contributed by atoms with van der Waals surface area (Å²) < 4.78 is 5.85. The molecule has 1 aromatic carbocycles. The van der Waals surface area contributed by atoms with Crippen LogP contribution in [0.25, 0.3) is 0 Å². The normalized spacial score (nSPS) is 10.1. The molecule has 0 aliphatic heterocycles. The zero-order valence-corrected chi connectivity index (χ0v) is 11.4. The lowest BCUT2D eigenvalue weighted by Crippen LogP contribution is -2.01. The highest BCUT2D eigenvalue weighted by Crippen LogP contribution is 2.34. The monoisotopic (exact) mass is 338 g/mol. The van der Waals surface area contributed by atoms with Crippen LogP contribution in [0, 0.1) is 10.1 Å². The molecule has 7 nitrogen and oxygen atoms in total. The van der Waals surface area contributed by atoms with E-state index >= 15 is 0 Å². The highest BCUT2D eigenvalue weighted by atomic mass is 79.9. The maximum absolute atomic E-state index is 11.0. The summed E-state index contributed by atoms with van der Waals surface area (Å²) in [6.45, 7) is 0. The molecule has 0 amide bonds. The highest BCUT2D eigenvalue weighted by Gasteiger charge is 2.19. The van der Waals surface area contributed by atoms with E-state index in [0.717, 1.165) is 6.20 Å². The summed E-state index contributed by atoms with van der Waals surface area (Å²) in [7, 11) is 0. The summed E-state index contributed by atoms with van der Waals surface area (Å²) >= 11 is 3.12. The molecule has 8 heteroatoms. The number of rotatable bonds is 4. The molecule has 0 radical (unpaired) electrons. The van der Waals surface area contributed by atoms with Crippen molar-refractivity contribution in [2.45, 2.75) is 0 Å². The maximum Gasteiger partial charge on any atom is 0.341 e. The van der Waals surface area contributed by atoms with Gasteiger partial charge in [0, 0.05) is 29.0 Å². The third-order valence-electron chi connectivity index (χ3n) is 2.35. The van der Waals surface area contributed by atoms with Crippen LogP contribution in [-0.2, 0) is 0 Å². The first-order valence-corrected chi connectivity index (χ1v) is 6.07. The number of aromatic carboxylic acids is 1. The molecule has 0 aliphatic rings. The fourth-order valence-electron chi connectivity index (χ4n) is 1.47. The first-order chi connectivity index (χ1) is 9.49. The number of hydrogen-bond donors (Lipinski definition) is 1. The molecule has 0 saturated heterocycles. The minimum atomic E-state index is -1.23. The predicted octanol–water partition coefficient (Wildman–Crippen LogP) is 3.24. The molecule has 1 heterocycles. The molecule has 2 aromatic rings. The number of pyridine rings is 1. The zero-order chi connectivity index (χ0) is 14.7. The van der Waals surface area contributed by atoms with Gasteiger partial charge in [-0.1, -0.05) is 15.9 Å². The smallest absolute Gasteiger partial charge is 0.341 e. The van der Waals surface area contributed by atoms with Crippen molar-refractivity contribution in [2.75, 3.05) is 0 Å². The van der Waals surface area contributed by atoms with Gasteiger partial charge >= 0.3 is 11.7 Å². The van der Waals surface area contributed by atoms with Crippen LogP contribution in [0.4, 0.5) is 5.69 Å². The molecule has 1 aromatic heterocycles.